The van der Waals surface area contributed by atoms with E-state index in [1.54, 1.807) is 0 Å². The molecule has 0 aromatic heterocycles. The van der Waals surface area contributed by atoms with Crippen molar-refractivity contribution in [3.63, 3.8) is 0 Å². The molecule has 3 rings (SSSR count). The van der Waals surface area contributed by atoms with Crippen LogP contribution in [0.1, 0.15) is 33.6 Å². The molecule has 1 fully saturated rings. The summed E-state index contributed by atoms with van der Waals surface area (Å²) in [6, 6.07) is 9.12. The topological polar surface area (TPSA) is 71.1 Å². The van der Waals surface area contributed by atoms with Crippen LogP contribution >= 0.6 is 7.51 Å². The zero-order valence-electron chi connectivity index (χ0n) is 25.0. The van der Waals surface area contributed by atoms with Gasteiger partial charge >= 0.3 is 278 Å². The molecule has 0 saturated carbocycles. The summed E-state index contributed by atoms with van der Waals surface area (Å²) in [5.74, 6) is -3.73. The quantitative estimate of drug-likeness (QED) is 0.135. The van der Waals surface area contributed by atoms with Gasteiger partial charge in [-0.2, -0.15) is 0 Å². The molecule has 0 spiro atoms. The first-order valence-corrected chi connectivity index (χ1v) is 15.9. The molecule has 52 heavy (non-hydrogen) atoms. The van der Waals surface area contributed by atoms with Gasteiger partial charge in [0.25, 0.3) is 0 Å². The van der Waals surface area contributed by atoms with Crippen molar-refractivity contribution in [2.45, 2.75) is 73.3 Å². The fourth-order valence-corrected chi connectivity index (χ4v) is 8.68. The fraction of sp³-hybridized carbons (Fsp3) is 0.481. The molecule has 1 saturated heterocycles. The monoisotopic (exact) mass is 812 g/mol. The molecule has 2 atom stereocenters. The minimum absolute atomic E-state index is 0.731. The first kappa shape index (κ1) is 43.2. The van der Waals surface area contributed by atoms with Crippen LogP contribution in [0.5, 0.6) is 0 Å². The molecule has 0 aliphatic carbocycles. The summed E-state index contributed by atoms with van der Waals surface area (Å²) in [4.78, 5) is 25.3. The first-order valence-electron chi connectivity index (χ1n) is 13.5. The Morgan fingerprint density at radius 2 is 0.788 bits per heavy atom. The molecule has 294 valence electrons. The van der Waals surface area contributed by atoms with Crippen molar-refractivity contribution in [1.29, 1.82) is 0 Å². The van der Waals surface area contributed by atoms with E-state index >= 15 is 0 Å². The molecular formula is C27H19F18O6P. The van der Waals surface area contributed by atoms with E-state index in [1.807, 2.05) is 0 Å². The van der Waals surface area contributed by atoms with E-state index in [9.17, 15) is 88.6 Å². The number of rotatable bonds is 10. The molecular weight excluding hydrogens is 793 g/mol. The molecule has 2 aromatic rings. The molecule has 0 amide bonds. The minimum atomic E-state index is -9.19. The van der Waals surface area contributed by atoms with E-state index in [4.69, 9.17) is 0 Å². The van der Waals surface area contributed by atoms with Gasteiger partial charge in [0.1, 0.15) is 0 Å². The van der Waals surface area contributed by atoms with E-state index in [1.165, 1.54) is 0 Å². The molecule has 0 N–H and O–H groups in total. The molecule has 0 bridgehead atoms. The number of hydrogen-bond donors (Lipinski definition) is 0. The first-order chi connectivity index (χ1) is 23.2. The van der Waals surface area contributed by atoms with Gasteiger partial charge in [-0.3, -0.25) is 0 Å². The Morgan fingerprint density at radius 1 is 0.538 bits per heavy atom. The number of ketones is 2. The SMILES string of the molecule is CP1(OC(CC(=O)c2ccccc2)C(F)(F)F)(OC(CC(=O)c2ccccc2)C(F)(F)F)OC(C(F)(F)F)(C(F)(F)F)C(C(F)(F)F)(C(F)(F)F)O1. The van der Waals surface area contributed by atoms with E-state index in [2.05, 4.69) is 18.1 Å². The summed E-state index contributed by atoms with van der Waals surface area (Å²) in [6.45, 7) is -1.10. The Kier molecular flexibility index (Phi) is 11.0. The third kappa shape index (κ3) is 7.85. The second kappa shape index (κ2) is 13.3. The maximum absolute atomic E-state index is 14.4. The molecule has 1 aliphatic heterocycles. The fourth-order valence-electron chi connectivity index (χ4n) is 5.01. The number of carbonyl (C=O) groups is 2. The number of carbonyl (C=O) groups excluding carboxylic acids is 2. The predicted molar refractivity (Wildman–Crippen MR) is 137 cm³/mol. The van der Waals surface area contributed by atoms with Gasteiger partial charge in [0.15, 0.2) is 0 Å². The van der Waals surface area contributed by atoms with Crippen LogP contribution in [-0.4, -0.2) is 78.7 Å². The van der Waals surface area contributed by atoms with E-state index in [-0.39, 0.29) is 0 Å². The predicted octanol–water partition coefficient (Wildman–Crippen LogP) is 10.0. The van der Waals surface area contributed by atoms with E-state index in [0.29, 0.717) is 0 Å². The van der Waals surface area contributed by atoms with Gasteiger partial charge in [-0.25, -0.2) is 0 Å². The molecule has 1 aliphatic rings. The number of benzene rings is 2. The van der Waals surface area contributed by atoms with Gasteiger partial charge in [0.05, 0.1) is 0 Å². The van der Waals surface area contributed by atoms with Crippen molar-refractivity contribution in [2.24, 2.45) is 0 Å². The van der Waals surface area contributed by atoms with Crippen molar-refractivity contribution >= 4 is 19.1 Å². The van der Waals surface area contributed by atoms with Gasteiger partial charge in [-0.1, -0.05) is 0 Å². The second-order valence-electron chi connectivity index (χ2n) is 11.0. The normalized spacial score (nSPS) is 21.1. The van der Waals surface area contributed by atoms with Gasteiger partial charge in [-0.05, 0) is 0 Å². The molecule has 0 radical (unpaired) electrons. The summed E-state index contributed by atoms with van der Waals surface area (Å²) in [5, 5.41) is 0. The molecule has 25 heteroatoms. The molecule has 6 nitrogen and oxygen atoms in total. The third-order valence-corrected chi connectivity index (χ3v) is 9.97. The van der Waals surface area contributed by atoms with Gasteiger partial charge in [-0.15, -0.1) is 0 Å². The van der Waals surface area contributed by atoms with E-state index in [0.717, 1.165) is 60.7 Å². The Balaban J connectivity index is 2.48. The average molecular weight is 812 g/mol. The number of Topliss-reactive ketones (excluding diaryl/α,β-unsaturated/α-hetero) is 2. The summed E-state index contributed by atoms with van der Waals surface area (Å²) in [5.41, 5.74) is -17.5. The van der Waals surface area contributed by atoms with Crippen LogP contribution in [-0.2, 0) is 18.1 Å². The van der Waals surface area contributed by atoms with Crippen molar-refractivity contribution in [2.75, 3.05) is 6.66 Å². The third-order valence-electron chi connectivity index (χ3n) is 7.16. The summed E-state index contributed by atoms with van der Waals surface area (Å²) in [6.07, 6.45) is -59.3. The van der Waals surface area contributed by atoms with Crippen molar-refractivity contribution in [3.8, 4) is 0 Å². The zero-order valence-corrected chi connectivity index (χ0v) is 25.9. The van der Waals surface area contributed by atoms with Gasteiger partial charge < -0.3 is 0 Å². The Bertz CT molecular complexity index is 1450. The zero-order chi connectivity index (χ0) is 40.2. The van der Waals surface area contributed by atoms with Crippen LogP contribution in [0.4, 0.5) is 79.0 Å². The van der Waals surface area contributed by atoms with Crippen LogP contribution in [0.2, 0.25) is 0 Å². The van der Waals surface area contributed by atoms with Crippen molar-refractivity contribution < 1.29 is 107 Å². The van der Waals surface area contributed by atoms with Crippen molar-refractivity contribution in [3.05, 3.63) is 71.8 Å². The van der Waals surface area contributed by atoms with Crippen LogP contribution in [0, 0.1) is 0 Å². The van der Waals surface area contributed by atoms with E-state index < -0.39 is 110 Å². The van der Waals surface area contributed by atoms with Crippen molar-refractivity contribution in [1.82, 2.24) is 0 Å². The number of halogens is 18. The number of alkyl halides is 18. The van der Waals surface area contributed by atoms with Crippen LogP contribution in [0.15, 0.2) is 60.7 Å². The summed E-state index contributed by atoms with van der Waals surface area (Å²) in [7, 11) is -9.19. The molecule has 1 heterocycles. The Hall–Kier alpha value is -3.21. The van der Waals surface area contributed by atoms with Gasteiger partial charge in [0.2, 0.25) is 0 Å². The second-order valence-corrected chi connectivity index (χ2v) is 14.1. The Labute approximate surface area is 278 Å². The molecule has 2 unspecified atom stereocenters. The summed E-state index contributed by atoms with van der Waals surface area (Å²) >= 11 is 0. The maximum atomic E-state index is 14.4. The van der Waals surface area contributed by atoms with Crippen LogP contribution < -0.4 is 0 Å². The summed E-state index contributed by atoms with van der Waals surface area (Å²) < 4.78 is 273. The van der Waals surface area contributed by atoms with Crippen LogP contribution in [0.25, 0.3) is 0 Å². The Morgan fingerprint density at radius 3 is 1.00 bits per heavy atom. The van der Waals surface area contributed by atoms with Gasteiger partial charge in [0, 0.05) is 0 Å². The average Bonchev–Trinajstić information content (AvgIpc) is 3.26. The number of hydrogen-bond acceptors (Lipinski definition) is 6. The standard InChI is InChI=1S/C27H19F18O6P/c1-52(48-18(20(28,29)30)12-16(46)14-8-4-2-5-9-14,49-19(21(31,32)33)13-17(47)15-10-6-3-7-11-15)50-22(24(34,35)36,25(37,38)39)23(51-52,26(40,41)42)27(43,44)45/h2-11,18-19H,12-13H2,1H3. The molecule has 2 aromatic carbocycles. The van der Waals surface area contributed by atoms with Crippen LogP contribution in [0.3, 0.4) is 0 Å².